The number of pyridine rings is 1. The van der Waals surface area contributed by atoms with Gasteiger partial charge in [-0.25, -0.2) is 12.7 Å². The van der Waals surface area contributed by atoms with Gasteiger partial charge in [0.25, 0.3) is 5.56 Å². The van der Waals surface area contributed by atoms with E-state index in [1.165, 1.54) is 12.1 Å². The van der Waals surface area contributed by atoms with Crippen LogP contribution in [-0.4, -0.2) is 30.3 Å². The maximum absolute atomic E-state index is 12.6. The van der Waals surface area contributed by atoms with E-state index in [-0.39, 0.29) is 5.69 Å². The summed E-state index contributed by atoms with van der Waals surface area (Å²) in [6.45, 7) is 1.05. The first-order valence-corrected chi connectivity index (χ1v) is 8.54. The van der Waals surface area contributed by atoms with E-state index in [1.807, 2.05) is 0 Å². The molecule has 0 saturated heterocycles. The molecule has 1 heterocycles. The highest BCUT2D eigenvalue weighted by Gasteiger charge is 2.24. The van der Waals surface area contributed by atoms with Crippen molar-refractivity contribution >= 4 is 27.4 Å². The van der Waals surface area contributed by atoms with Crippen LogP contribution < -0.4 is 9.86 Å². The smallest absolute Gasteiger partial charge is 0.323 e. The zero-order valence-corrected chi connectivity index (χ0v) is 13.4. The second-order valence-corrected chi connectivity index (χ2v) is 6.84. The Morgan fingerprint density at radius 2 is 1.78 bits per heavy atom. The molecule has 1 aromatic heterocycles. The van der Waals surface area contributed by atoms with Crippen molar-refractivity contribution in [3.63, 3.8) is 0 Å². The van der Waals surface area contributed by atoms with Crippen molar-refractivity contribution in [2.24, 2.45) is 0 Å². The normalized spacial score (nSPS) is 11.2. The van der Waals surface area contributed by atoms with Crippen LogP contribution in [-0.2, 0) is 21.4 Å². The summed E-state index contributed by atoms with van der Waals surface area (Å²) in [4.78, 5) is 23.5. The molecule has 1 aromatic carbocycles. The van der Waals surface area contributed by atoms with Crippen LogP contribution >= 0.6 is 0 Å². The van der Waals surface area contributed by atoms with Gasteiger partial charge in [-0.2, -0.15) is 0 Å². The van der Waals surface area contributed by atoms with Crippen molar-refractivity contribution in [3.8, 4) is 0 Å². The molecule has 0 radical (unpaired) electrons. The van der Waals surface area contributed by atoms with E-state index in [2.05, 4.69) is 0 Å². The predicted octanol–water partition coefficient (Wildman–Crippen LogP) is 1.34. The van der Waals surface area contributed by atoms with E-state index in [4.69, 9.17) is 5.11 Å². The van der Waals surface area contributed by atoms with E-state index < -0.39 is 28.1 Å². The fraction of sp³-hybridized carbons (Fsp3) is 0.200. The van der Waals surface area contributed by atoms with Crippen molar-refractivity contribution < 1.29 is 18.3 Å². The minimum Gasteiger partial charge on any atom is -0.480 e. The summed E-state index contributed by atoms with van der Waals surface area (Å²) >= 11 is 0. The Balaban J connectivity index is 2.71. The molecule has 23 heavy (non-hydrogen) atoms. The predicted molar refractivity (Wildman–Crippen MR) is 86.5 cm³/mol. The molecule has 0 bridgehead atoms. The molecule has 0 spiro atoms. The number of aliphatic carboxylic acids is 1. The lowest BCUT2D eigenvalue weighted by Gasteiger charge is -2.23. The summed E-state index contributed by atoms with van der Waals surface area (Å²) < 4.78 is 26.3. The Morgan fingerprint density at radius 1 is 1.17 bits per heavy atom. The number of carboxylic acids is 1. The molecule has 0 saturated carbocycles. The molecular formula is C15H16N2O5S. The Kier molecular flexibility index (Phi) is 4.55. The summed E-state index contributed by atoms with van der Waals surface area (Å²) in [5.74, 6) is -1.18. The number of aryl methyl sites for hydroxylation is 1. The number of anilines is 2. The summed E-state index contributed by atoms with van der Waals surface area (Å²) in [6, 6.07) is 11.0. The van der Waals surface area contributed by atoms with Gasteiger partial charge >= 0.3 is 5.97 Å². The van der Waals surface area contributed by atoms with Crippen molar-refractivity contribution in [1.29, 1.82) is 0 Å². The minimum absolute atomic E-state index is 0.120. The molecule has 0 unspecified atom stereocenters. The Bertz CT molecular complexity index is 888. The van der Waals surface area contributed by atoms with Gasteiger partial charge in [0, 0.05) is 5.69 Å². The fourth-order valence-electron chi connectivity index (χ4n) is 2.22. The lowest BCUT2D eigenvalue weighted by atomic mass is 10.3. The molecule has 8 heteroatoms. The average molecular weight is 336 g/mol. The summed E-state index contributed by atoms with van der Waals surface area (Å²) in [5, 5.41) is 8.93. The molecule has 0 amide bonds. The molecule has 1 N–H and O–H groups in total. The monoisotopic (exact) mass is 336 g/mol. The van der Waals surface area contributed by atoms with E-state index in [0.29, 0.717) is 11.4 Å². The van der Waals surface area contributed by atoms with Crippen LogP contribution in [0.3, 0.4) is 0 Å². The van der Waals surface area contributed by atoms with Gasteiger partial charge < -0.3 is 5.11 Å². The maximum atomic E-state index is 12.6. The van der Waals surface area contributed by atoms with Gasteiger partial charge in [0.15, 0.2) is 0 Å². The van der Waals surface area contributed by atoms with Crippen LogP contribution in [0, 0.1) is 6.92 Å². The lowest BCUT2D eigenvalue weighted by molar-refractivity contribution is -0.137. The van der Waals surface area contributed by atoms with Crippen molar-refractivity contribution in [1.82, 2.24) is 4.57 Å². The number of carbonyl (C=O) groups is 1. The van der Waals surface area contributed by atoms with E-state index in [0.717, 1.165) is 15.1 Å². The van der Waals surface area contributed by atoms with Crippen LogP contribution in [0.1, 0.15) is 5.69 Å². The summed E-state index contributed by atoms with van der Waals surface area (Å²) in [5.41, 5.74) is -0.0623. The molecule has 2 aromatic rings. The number of benzene rings is 1. The highest BCUT2D eigenvalue weighted by Crippen LogP contribution is 2.25. The number of rotatable bonds is 5. The first-order valence-electron chi connectivity index (χ1n) is 6.69. The molecule has 0 fully saturated rings. The standard InChI is InChI=1S/C15H16N2O5S/c1-11-8-9-13(15(20)16(11)10-14(18)19)17(23(2,21)22)12-6-4-3-5-7-12/h3-9H,10H2,1-2H3,(H,18,19). The van der Waals surface area contributed by atoms with Crippen LogP contribution in [0.25, 0.3) is 0 Å². The van der Waals surface area contributed by atoms with E-state index in [9.17, 15) is 18.0 Å². The fourth-order valence-corrected chi connectivity index (χ4v) is 3.22. The zero-order chi connectivity index (χ0) is 17.2. The molecule has 7 nitrogen and oxygen atoms in total. The second kappa shape index (κ2) is 6.25. The summed E-state index contributed by atoms with van der Waals surface area (Å²) in [6.07, 6.45) is 0.987. The SMILES string of the molecule is Cc1ccc(N(c2ccccc2)S(C)(=O)=O)c(=O)n1CC(=O)O. The highest BCUT2D eigenvalue weighted by molar-refractivity contribution is 7.92. The Labute approximate surface area is 133 Å². The van der Waals surface area contributed by atoms with Crippen LogP contribution in [0.2, 0.25) is 0 Å². The van der Waals surface area contributed by atoms with Gasteiger partial charge in [-0.1, -0.05) is 18.2 Å². The molecule has 0 aliphatic carbocycles. The first-order chi connectivity index (χ1) is 10.7. The number of sulfonamides is 1. The largest absolute Gasteiger partial charge is 0.480 e. The number of hydrogen-bond acceptors (Lipinski definition) is 4. The Morgan fingerprint density at radius 3 is 2.30 bits per heavy atom. The third-order valence-electron chi connectivity index (χ3n) is 3.21. The average Bonchev–Trinajstić information content (AvgIpc) is 2.46. The quantitative estimate of drug-likeness (QED) is 0.889. The van der Waals surface area contributed by atoms with Crippen molar-refractivity contribution in [3.05, 3.63) is 58.5 Å². The molecule has 0 aliphatic heterocycles. The number of nitrogens with zero attached hydrogens (tertiary/aromatic N) is 2. The van der Waals surface area contributed by atoms with Gasteiger partial charge in [0.2, 0.25) is 10.0 Å². The topological polar surface area (TPSA) is 96.7 Å². The van der Waals surface area contributed by atoms with Gasteiger partial charge in [-0.15, -0.1) is 0 Å². The van der Waals surface area contributed by atoms with Crippen LogP contribution in [0.5, 0.6) is 0 Å². The molecule has 2 rings (SSSR count). The van der Waals surface area contributed by atoms with Crippen LogP contribution in [0.15, 0.2) is 47.3 Å². The zero-order valence-electron chi connectivity index (χ0n) is 12.6. The van der Waals surface area contributed by atoms with E-state index >= 15 is 0 Å². The minimum atomic E-state index is -3.78. The van der Waals surface area contributed by atoms with E-state index in [1.54, 1.807) is 37.3 Å². The highest BCUT2D eigenvalue weighted by atomic mass is 32.2. The molecule has 0 atom stereocenters. The number of aromatic nitrogens is 1. The van der Waals surface area contributed by atoms with Gasteiger partial charge in [-0.3, -0.25) is 14.2 Å². The van der Waals surface area contributed by atoms with Crippen molar-refractivity contribution in [2.75, 3.05) is 10.6 Å². The molecule has 122 valence electrons. The number of carboxylic acid groups (broad SMARTS) is 1. The third-order valence-corrected chi connectivity index (χ3v) is 4.28. The van der Waals surface area contributed by atoms with Crippen LogP contribution in [0.4, 0.5) is 11.4 Å². The number of hydrogen-bond donors (Lipinski definition) is 1. The first kappa shape index (κ1) is 16.8. The Hall–Kier alpha value is -2.61. The van der Waals surface area contributed by atoms with Gasteiger partial charge in [0.1, 0.15) is 12.2 Å². The summed E-state index contributed by atoms with van der Waals surface area (Å²) in [7, 11) is -3.78. The molecular weight excluding hydrogens is 320 g/mol. The van der Waals surface area contributed by atoms with Crippen molar-refractivity contribution in [2.45, 2.75) is 13.5 Å². The van der Waals surface area contributed by atoms with Gasteiger partial charge in [0.05, 0.1) is 11.9 Å². The van der Waals surface area contributed by atoms with Gasteiger partial charge in [-0.05, 0) is 31.2 Å². The lowest BCUT2D eigenvalue weighted by Crippen LogP contribution is -2.34. The second-order valence-electron chi connectivity index (χ2n) is 5.01. The third kappa shape index (κ3) is 3.59. The number of para-hydroxylation sites is 1. The molecule has 0 aliphatic rings. The maximum Gasteiger partial charge on any atom is 0.323 e.